The fourth-order valence-corrected chi connectivity index (χ4v) is 1.40. The summed E-state index contributed by atoms with van der Waals surface area (Å²) in [7, 11) is 1.20. The van der Waals surface area contributed by atoms with Gasteiger partial charge in [-0.3, -0.25) is 0 Å². The number of hydrogen-bond acceptors (Lipinski definition) is 4. The Bertz CT molecular complexity index is 437. The molecule has 0 aliphatic carbocycles. The zero-order valence-electron chi connectivity index (χ0n) is 7.95. The first-order valence-electron chi connectivity index (χ1n) is 4.04. The largest absolute Gasteiger partial charge is 0.508 e. The van der Waals surface area contributed by atoms with Crippen molar-refractivity contribution in [2.75, 3.05) is 7.11 Å². The van der Waals surface area contributed by atoms with Crippen LogP contribution in [-0.2, 0) is 10.6 Å². The van der Waals surface area contributed by atoms with Crippen molar-refractivity contribution in [3.63, 3.8) is 0 Å². The molecule has 0 saturated heterocycles. The number of benzene rings is 1. The molecule has 1 aromatic carbocycles. The van der Waals surface area contributed by atoms with Gasteiger partial charge in [-0.25, -0.2) is 4.79 Å². The summed E-state index contributed by atoms with van der Waals surface area (Å²) in [5.74, 6) is -0.750. The van der Waals surface area contributed by atoms with Crippen LogP contribution in [-0.4, -0.2) is 18.2 Å². The van der Waals surface area contributed by atoms with Crippen molar-refractivity contribution in [1.82, 2.24) is 0 Å². The van der Waals surface area contributed by atoms with E-state index >= 15 is 0 Å². The van der Waals surface area contributed by atoms with Crippen molar-refractivity contribution in [2.45, 2.75) is 5.88 Å². The summed E-state index contributed by atoms with van der Waals surface area (Å²) in [4.78, 5) is 11.3. The molecule has 0 aliphatic heterocycles. The standard InChI is InChI=1S/C10H8ClNO3/c1-15-10(14)8-3-7(13)2-6(4-11)9(8)5-12/h2-3,13H,4H2,1H3. The van der Waals surface area contributed by atoms with Crippen LogP contribution >= 0.6 is 11.6 Å². The molecule has 1 N–H and O–H groups in total. The Morgan fingerprint density at radius 3 is 2.80 bits per heavy atom. The zero-order chi connectivity index (χ0) is 11.4. The number of alkyl halides is 1. The maximum Gasteiger partial charge on any atom is 0.339 e. The lowest BCUT2D eigenvalue weighted by atomic mass is 10.0. The van der Waals surface area contributed by atoms with Crippen LogP contribution in [0.4, 0.5) is 0 Å². The summed E-state index contributed by atoms with van der Waals surface area (Å²) in [6.07, 6.45) is 0. The van der Waals surface area contributed by atoms with Gasteiger partial charge in [0.1, 0.15) is 11.8 Å². The van der Waals surface area contributed by atoms with Crippen LogP contribution in [0.3, 0.4) is 0 Å². The summed E-state index contributed by atoms with van der Waals surface area (Å²) in [5, 5.41) is 18.2. The van der Waals surface area contributed by atoms with E-state index in [0.29, 0.717) is 5.56 Å². The number of aromatic hydroxyl groups is 1. The monoisotopic (exact) mass is 225 g/mol. The Balaban J connectivity index is 3.43. The molecule has 0 atom stereocenters. The van der Waals surface area contributed by atoms with Gasteiger partial charge in [0.05, 0.1) is 18.2 Å². The van der Waals surface area contributed by atoms with E-state index in [1.807, 2.05) is 6.07 Å². The molecule has 0 unspecified atom stereocenters. The van der Waals surface area contributed by atoms with Crippen LogP contribution in [0.25, 0.3) is 0 Å². The second kappa shape index (κ2) is 4.67. The van der Waals surface area contributed by atoms with Crippen LogP contribution in [0.5, 0.6) is 5.75 Å². The van der Waals surface area contributed by atoms with Gasteiger partial charge >= 0.3 is 5.97 Å². The van der Waals surface area contributed by atoms with Gasteiger partial charge in [0, 0.05) is 5.88 Å². The second-order valence-corrected chi connectivity index (χ2v) is 3.03. The smallest absolute Gasteiger partial charge is 0.339 e. The van der Waals surface area contributed by atoms with Gasteiger partial charge in [-0.1, -0.05) is 0 Å². The number of carbonyl (C=O) groups excluding carboxylic acids is 1. The number of carbonyl (C=O) groups is 1. The third-order valence-corrected chi connectivity index (χ3v) is 2.15. The number of halogens is 1. The maximum atomic E-state index is 11.3. The first kappa shape index (κ1) is 11.3. The van der Waals surface area contributed by atoms with E-state index in [2.05, 4.69) is 4.74 Å². The molecule has 1 aromatic rings. The molecule has 1 rings (SSSR count). The number of phenolic OH excluding ortho intramolecular Hbond substituents is 1. The lowest BCUT2D eigenvalue weighted by Gasteiger charge is -2.06. The quantitative estimate of drug-likeness (QED) is 0.615. The highest BCUT2D eigenvalue weighted by atomic mass is 35.5. The number of hydrogen-bond donors (Lipinski definition) is 1. The third-order valence-electron chi connectivity index (χ3n) is 1.87. The topological polar surface area (TPSA) is 70.3 Å². The van der Waals surface area contributed by atoms with Crippen molar-refractivity contribution in [2.24, 2.45) is 0 Å². The fraction of sp³-hybridized carbons (Fsp3) is 0.200. The van der Waals surface area contributed by atoms with Gasteiger partial charge in [-0.15, -0.1) is 11.6 Å². The highest BCUT2D eigenvalue weighted by Gasteiger charge is 2.16. The van der Waals surface area contributed by atoms with Crippen LogP contribution < -0.4 is 0 Å². The average molecular weight is 226 g/mol. The molecule has 15 heavy (non-hydrogen) atoms. The van der Waals surface area contributed by atoms with E-state index < -0.39 is 5.97 Å². The van der Waals surface area contributed by atoms with Gasteiger partial charge in [0.15, 0.2) is 0 Å². The lowest BCUT2D eigenvalue weighted by Crippen LogP contribution is -2.06. The van der Waals surface area contributed by atoms with E-state index in [-0.39, 0.29) is 22.8 Å². The Kier molecular flexibility index (Phi) is 3.53. The van der Waals surface area contributed by atoms with Crippen molar-refractivity contribution in [1.29, 1.82) is 5.26 Å². The van der Waals surface area contributed by atoms with Gasteiger partial charge < -0.3 is 9.84 Å². The van der Waals surface area contributed by atoms with E-state index in [0.717, 1.165) is 0 Å². The predicted molar refractivity (Wildman–Crippen MR) is 53.7 cm³/mol. The number of phenols is 1. The molecule has 0 saturated carbocycles. The average Bonchev–Trinajstić information content (AvgIpc) is 2.26. The molecule has 0 radical (unpaired) electrons. The molecule has 0 bridgehead atoms. The summed E-state index contributed by atoms with van der Waals surface area (Å²) < 4.78 is 4.49. The van der Waals surface area contributed by atoms with Crippen molar-refractivity contribution >= 4 is 17.6 Å². The van der Waals surface area contributed by atoms with Crippen LogP contribution in [0.2, 0.25) is 0 Å². The Morgan fingerprint density at radius 2 is 2.33 bits per heavy atom. The highest BCUT2D eigenvalue weighted by Crippen LogP contribution is 2.23. The van der Waals surface area contributed by atoms with E-state index in [1.165, 1.54) is 19.2 Å². The predicted octanol–water partition coefficient (Wildman–Crippen LogP) is 1.79. The van der Waals surface area contributed by atoms with E-state index in [4.69, 9.17) is 16.9 Å². The number of nitrogens with zero attached hydrogens (tertiary/aromatic N) is 1. The fourth-order valence-electron chi connectivity index (χ4n) is 1.19. The Morgan fingerprint density at radius 1 is 1.67 bits per heavy atom. The Labute approximate surface area is 91.7 Å². The van der Waals surface area contributed by atoms with Gasteiger partial charge in [-0.05, 0) is 17.7 Å². The van der Waals surface area contributed by atoms with Crippen molar-refractivity contribution in [3.8, 4) is 11.8 Å². The van der Waals surface area contributed by atoms with Crippen molar-refractivity contribution in [3.05, 3.63) is 28.8 Å². The summed E-state index contributed by atoms with van der Waals surface area (Å²) in [6, 6.07) is 4.39. The molecule has 78 valence electrons. The zero-order valence-corrected chi connectivity index (χ0v) is 8.71. The number of ether oxygens (including phenoxy) is 1. The summed E-state index contributed by atoms with van der Waals surface area (Å²) >= 11 is 5.59. The first-order chi connectivity index (χ1) is 7.13. The molecule has 5 heteroatoms. The molecular weight excluding hydrogens is 218 g/mol. The molecule has 0 amide bonds. The third kappa shape index (κ3) is 2.20. The molecule has 0 spiro atoms. The van der Waals surface area contributed by atoms with E-state index in [1.54, 1.807) is 0 Å². The minimum absolute atomic E-state index is 0.0238. The van der Waals surface area contributed by atoms with Crippen molar-refractivity contribution < 1.29 is 14.6 Å². The molecule has 0 aliphatic rings. The van der Waals surface area contributed by atoms with Gasteiger partial charge in [0.2, 0.25) is 0 Å². The number of esters is 1. The number of rotatable bonds is 2. The summed E-state index contributed by atoms with van der Waals surface area (Å²) in [6.45, 7) is 0. The lowest BCUT2D eigenvalue weighted by molar-refractivity contribution is 0.0600. The number of methoxy groups -OCH3 is 1. The molecule has 0 fully saturated rings. The minimum Gasteiger partial charge on any atom is -0.508 e. The van der Waals surface area contributed by atoms with Gasteiger partial charge in [-0.2, -0.15) is 5.26 Å². The van der Waals surface area contributed by atoms with Crippen LogP contribution in [0.1, 0.15) is 21.5 Å². The minimum atomic E-state index is -0.672. The SMILES string of the molecule is COC(=O)c1cc(O)cc(CCl)c1C#N. The van der Waals surface area contributed by atoms with Gasteiger partial charge in [0.25, 0.3) is 0 Å². The maximum absolute atomic E-state index is 11.3. The highest BCUT2D eigenvalue weighted by molar-refractivity contribution is 6.17. The molecule has 0 heterocycles. The summed E-state index contributed by atoms with van der Waals surface area (Å²) in [5.41, 5.74) is 0.560. The van der Waals surface area contributed by atoms with Crippen LogP contribution in [0.15, 0.2) is 12.1 Å². The molecule has 0 aromatic heterocycles. The second-order valence-electron chi connectivity index (χ2n) is 2.76. The first-order valence-corrected chi connectivity index (χ1v) is 4.57. The normalized spacial score (nSPS) is 9.40. The number of nitriles is 1. The van der Waals surface area contributed by atoms with Crippen LogP contribution in [0, 0.1) is 11.3 Å². The molecule has 4 nitrogen and oxygen atoms in total. The van der Waals surface area contributed by atoms with E-state index in [9.17, 15) is 9.90 Å². The molecular formula is C10H8ClNO3. The Hall–Kier alpha value is -1.73.